The average molecular weight is 680 g/mol. The first-order valence-corrected chi connectivity index (χ1v) is 16.8. The maximum atomic E-state index is 14.7. The lowest BCUT2D eigenvalue weighted by Gasteiger charge is -2.40. The molecule has 4 heterocycles. The normalized spacial score (nSPS) is 16.4. The van der Waals surface area contributed by atoms with Gasteiger partial charge in [0, 0.05) is 72.9 Å². The topological polar surface area (TPSA) is 104 Å². The zero-order chi connectivity index (χ0) is 34.2. The second-order valence-electron chi connectivity index (χ2n) is 12.7. The number of hydrogen-bond acceptors (Lipinski definition) is 7. The van der Waals surface area contributed by atoms with Crippen molar-refractivity contribution in [2.45, 2.75) is 32.9 Å². The molecule has 0 radical (unpaired) electrons. The monoisotopic (exact) mass is 679 g/mol. The average Bonchev–Trinajstić information content (AvgIpc) is 3.67. The first-order valence-electron chi connectivity index (χ1n) is 16.4. The van der Waals surface area contributed by atoms with Crippen molar-refractivity contribution >= 4 is 34.9 Å². The third kappa shape index (κ3) is 6.47. The van der Waals surface area contributed by atoms with Crippen LogP contribution in [0.5, 0.6) is 5.75 Å². The quantitative estimate of drug-likeness (QED) is 0.209. The molecule has 0 bridgehead atoms. The molecule has 0 saturated carbocycles. The van der Waals surface area contributed by atoms with Crippen LogP contribution in [-0.2, 0) is 24.8 Å². The maximum Gasteiger partial charge on any atom is 0.265 e. The van der Waals surface area contributed by atoms with Crippen LogP contribution in [0.4, 0.5) is 11.5 Å². The van der Waals surface area contributed by atoms with Crippen molar-refractivity contribution in [3.05, 3.63) is 118 Å². The zero-order valence-corrected chi connectivity index (χ0v) is 28.5. The van der Waals surface area contributed by atoms with E-state index in [2.05, 4.69) is 28.3 Å². The Balaban J connectivity index is 1.27. The number of phenolic OH excluding ortho intramolecular Hbond substituents is 1. The zero-order valence-electron chi connectivity index (χ0n) is 27.7. The molecule has 1 atom stereocenters. The van der Waals surface area contributed by atoms with E-state index in [1.54, 1.807) is 49.4 Å². The highest BCUT2D eigenvalue weighted by Gasteiger charge is 2.34. The summed E-state index contributed by atoms with van der Waals surface area (Å²) in [6.07, 6.45) is 0.763. The summed E-state index contributed by atoms with van der Waals surface area (Å²) in [7, 11) is 1.88. The lowest BCUT2D eigenvalue weighted by atomic mass is 9.92. The van der Waals surface area contributed by atoms with Crippen molar-refractivity contribution < 1.29 is 24.0 Å². The van der Waals surface area contributed by atoms with Gasteiger partial charge < -0.3 is 23.8 Å². The molecule has 2 aliphatic rings. The molecule has 10 nitrogen and oxygen atoms in total. The van der Waals surface area contributed by atoms with E-state index in [1.165, 1.54) is 22.6 Å². The lowest BCUT2D eigenvalue weighted by Crippen LogP contribution is -2.52. The second kappa shape index (κ2) is 13.5. The number of carbonyl (C=O) groups excluding carboxylic acids is 2. The van der Waals surface area contributed by atoms with Crippen molar-refractivity contribution in [2.24, 2.45) is 7.05 Å². The van der Waals surface area contributed by atoms with Gasteiger partial charge in [0.2, 0.25) is 0 Å². The fraction of sp³-hybridized carbons (Fsp3) is 0.289. The van der Waals surface area contributed by atoms with Crippen LogP contribution < -0.4 is 4.90 Å². The van der Waals surface area contributed by atoms with Crippen LogP contribution in [0.25, 0.3) is 11.3 Å². The van der Waals surface area contributed by atoms with E-state index in [9.17, 15) is 14.7 Å². The fourth-order valence-electron chi connectivity index (χ4n) is 6.85. The van der Waals surface area contributed by atoms with E-state index in [-0.39, 0.29) is 23.6 Å². The third-order valence-electron chi connectivity index (χ3n) is 9.60. The molecule has 11 heteroatoms. The number of ether oxygens (including phenoxy) is 1. The highest BCUT2D eigenvalue weighted by Crippen LogP contribution is 2.36. The number of amides is 2. The Hall–Kier alpha value is -4.90. The first kappa shape index (κ1) is 32.6. The van der Waals surface area contributed by atoms with E-state index in [4.69, 9.17) is 20.9 Å². The van der Waals surface area contributed by atoms with Gasteiger partial charge in [-0.15, -0.1) is 0 Å². The standard InChI is InChI=1S/C38H38ClN5O5/c1-24-18-36(40-49-24)44(29-9-11-31(45)12-10-29)38(47)33-21-35(41(3)25(33)2)34-20-28(39)8-13-32(34)37(46)43-22-27-7-5-4-6-26(27)19-30(43)23-42-14-16-48-17-15-42/h4-13,18,20-21,30,45H,14-17,19,22-23H2,1-3H3/t30-/m0/s1. The molecule has 2 aromatic heterocycles. The van der Waals surface area contributed by atoms with Crippen molar-refractivity contribution in [3.63, 3.8) is 0 Å². The molecule has 49 heavy (non-hydrogen) atoms. The van der Waals surface area contributed by atoms with Crippen LogP contribution in [0.2, 0.25) is 5.02 Å². The van der Waals surface area contributed by atoms with Crippen LogP contribution in [0.3, 0.4) is 0 Å². The van der Waals surface area contributed by atoms with E-state index in [0.29, 0.717) is 70.1 Å². The lowest BCUT2D eigenvalue weighted by molar-refractivity contribution is 0.0193. The van der Waals surface area contributed by atoms with Gasteiger partial charge in [-0.05, 0) is 79.9 Å². The van der Waals surface area contributed by atoms with Crippen LogP contribution >= 0.6 is 11.6 Å². The Morgan fingerprint density at radius 3 is 2.41 bits per heavy atom. The van der Waals surface area contributed by atoms with Gasteiger partial charge in [-0.1, -0.05) is 41.0 Å². The Bertz CT molecular complexity index is 2010. The second-order valence-corrected chi connectivity index (χ2v) is 13.1. The van der Waals surface area contributed by atoms with Gasteiger partial charge in [-0.25, -0.2) is 0 Å². The molecule has 1 fully saturated rings. The largest absolute Gasteiger partial charge is 0.508 e. The van der Waals surface area contributed by atoms with Crippen LogP contribution in [-0.4, -0.2) is 75.3 Å². The van der Waals surface area contributed by atoms with Gasteiger partial charge in [0.15, 0.2) is 5.82 Å². The van der Waals surface area contributed by atoms with E-state index in [0.717, 1.165) is 31.6 Å². The molecule has 1 N–H and O–H groups in total. The number of morpholine rings is 1. The van der Waals surface area contributed by atoms with Gasteiger partial charge in [0.25, 0.3) is 11.8 Å². The Morgan fingerprint density at radius 2 is 1.69 bits per heavy atom. The van der Waals surface area contributed by atoms with E-state index >= 15 is 0 Å². The molecular formula is C38H38ClN5O5. The smallest absolute Gasteiger partial charge is 0.265 e. The molecule has 3 aromatic carbocycles. The summed E-state index contributed by atoms with van der Waals surface area (Å²) in [4.78, 5) is 34.9. The summed E-state index contributed by atoms with van der Waals surface area (Å²) in [6, 6.07) is 23.4. The molecular weight excluding hydrogens is 642 g/mol. The number of hydrogen-bond donors (Lipinski definition) is 1. The summed E-state index contributed by atoms with van der Waals surface area (Å²) in [5.41, 5.74) is 5.86. The molecule has 7 rings (SSSR count). The summed E-state index contributed by atoms with van der Waals surface area (Å²) >= 11 is 6.60. The fourth-order valence-corrected chi connectivity index (χ4v) is 7.02. The number of aromatic nitrogens is 2. The SMILES string of the molecule is Cc1cc(N(C(=O)c2cc(-c3cc(Cl)ccc3C(=O)N3Cc4ccccc4C[C@H]3CN3CCOCC3)n(C)c2C)c2ccc(O)cc2)no1. The molecule has 0 unspecified atom stereocenters. The third-order valence-corrected chi connectivity index (χ3v) is 9.83. The van der Waals surface area contributed by atoms with Crippen LogP contribution in [0, 0.1) is 13.8 Å². The van der Waals surface area contributed by atoms with Crippen molar-refractivity contribution in [3.8, 4) is 17.0 Å². The van der Waals surface area contributed by atoms with Gasteiger partial charge in [-0.2, -0.15) is 0 Å². The Kier molecular flexibility index (Phi) is 9.02. The molecule has 0 spiro atoms. The van der Waals surface area contributed by atoms with Crippen molar-refractivity contribution in [1.82, 2.24) is 19.5 Å². The summed E-state index contributed by atoms with van der Waals surface area (Å²) in [5, 5.41) is 14.5. The number of rotatable bonds is 7. The minimum atomic E-state index is -0.341. The number of nitrogens with zero attached hydrogens (tertiary/aromatic N) is 5. The summed E-state index contributed by atoms with van der Waals surface area (Å²) in [6.45, 7) is 7.92. The number of phenols is 1. The highest BCUT2D eigenvalue weighted by atomic mass is 35.5. The van der Waals surface area contributed by atoms with Gasteiger partial charge in [-0.3, -0.25) is 19.4 Å². The Morgan fingerprint density at radius 1 is 0.959 bits per heavy atom. The first-order chi connectivity index (χ1) is 23.7. The highest BCUT2D eigenvalue weighted by molar-refractivity contribution is 6.31. The molecule has 0 aliphatic carbocycles. The van der Waals surface area contributed by atoms with Gasteiger partial charge >= 0.3 is 0 Å². The number of anilines is 2. The number of aryl methyl sites for hydroxylation is 1. The van der Waals surface area contributed by atoms with Crippen molar-refractivity contribution in [2.75, 3.05) is 37.7 Å². The predicted molar refractivity (Wildman–Crippen MR) is 187 cm³/mol. The number of fused-ring (bicyclic) bond motifs is 1. The number of aromatic hydroxyl groups is 1. The van der Waals surface area contributed by atoms with Gasteiger partial charge in [0.1, 0.15) is 11.5 Å². The predicted octanol–water partition coefficient (Wildman–Crippen LogP) is 6.53. The minimum Gasteiger partial charge on any atom is -0.508 e. The van der Waals surface area contributed by atoms with E-state index < -0.39 is 0 Å². The molecule has 5 aromatic rings. The van der Waals surface area contributed by atoms with Crippen LogP contribution in [0.15, 0.2) is 83.4 Å². The number of halogens is 1. The summed E-state index contributed by atoms with van der Waals surface area (Å²) < 4.78 is 12.8. The van der Waals surface area contributed by atoms with Crippen molar-refractivity contribution in [1.29, 1.82) is 0 Å². The molecule has 2 amide bonds. The molecule has 252 valence electrons. The Labute approximate surface area is 290 Å². The maximum absolute atomic E-state index is 14.7. The van der Waals surface area contributed by atoms with Gasteiger partial charge in [0.05, 0.1) is 24.5 Å². The van der Waals surface area contributed by atoms with Crippen LogP contribution in [0.1, 0.15) is 43.3 Å². The number of benzene rings is 3. The summed E-state index contributed by atoms with van der Waals surface area (Å²) in [5.74, 6) is 0.509. The van der Waals surface area contributed by atoms with E-state index in [1.807, 2.05) is 29.5 Å². The minimum absolute atomic E-state index is 0.0268. The molecule has 1 saturated heterocycles. The number of carbonyl (C=O) groups is 2. The molecule has 2 aliphatic heterocycles.